The van der Waals surface area contributed by atoms with Crippen LogP contribution in [0.5, 0.6) is 11.5 Å². The Balaban J connectivity index is 1.89. The molecule has 0 saturated heterocycles. The van der Waals surface area contributed by atoms with Gasteiger partial charge in [-0.3, -0.25) is 0 Å². The second-order valence-corrected chi connectivity index (χ2v) is 7.58. The standard InChI is InChI=1S/C24H21ClN2O2/c1-2-22-23(17-6-10-20(28)11-7-17)26-27-24(22,18-8-12-21(29)13-9-18)15-16-4-3-5-19(25)14-16/h3-14,28-29H,2,15H2,1H3. The summed E-state index contributed by atoms with van der Waals surface area (Å²) in [5.41, 5.74) is 4.17. The quantitative estimate of drug-likeness (QED) is 0.511. The average Bonchev–Trinajstić information content (AvgIpc) is 3.08. The van der Waals surface area contributed by atoms with Crippen molar-refractivity contribution in [2.45, 2.75) is 25.3 Å². The van der Waals surface area contributed by atoms with Gasteiger partial charge in [-0.2, -0.15) is 10.2 Å². The van der Waals surface area contributed by atoms with Gasteiger partial charge < -0.3 is 10.2 Å². The number of phenols is 2. The second-order valence-electron chi connectivity index (χ2n) is 7.14. The number of rotatable bonds is 5. The highest BCUT2D eigenvalue weighted by Gasteiger charge is 2.42. The summed E-state index contributed by atoms with van der Waals surface area (Å²) >= 11 is 6.23. The molecule has 3 aromatic carbocycles. The lowest BCUT2D eigenvalue weighted by molar-refractivity contribution is 0.471. The molecule has 0 spiro atoms. The van der Waals surface area contributed by atoms with Crippen molar-refractivity contribution in [3.05, 3.63) is 100 Å². The third-order valence-corrected chi connectivity index (χ3v) is 5.53. The van der Waals surface area contributed by atoms with E-state index in [2.05, 4.69) is 12.0 Å². The Kier molecular flexibility index (Phi) is 5.12. The van der Waals surface area contributed by atoms with Crippen molar-refractivity contribution in [1.82, 2.24) is 0 Å². The van der Waals surface area contributed by atoms with Crippen molar-refractivity contribution in [3.63, 3.8) is 0 Å². The minimum atomic E-state index is -0.680. The molecule has 0 aliphatic carbocycles. The lowest BCUT2D eigenvalue weighted by Crippen LogP contribution is -2.27. The molecular formula is C24H21ClN2O2. The monoisotopic (exact) mass is 404 g/mol. The van der Waals surface area contributed by atoms with Crippen LogP contribution in [0.25, 0.3) is 5.70 Å². The largest absolute Gasteiger partial charge is 0.508 e. The molecule has 4 rings (SSSR count). The smallest absolute Gasteiger partial charge is 0.134 e. The molecule has 2 N–H and O–H groups in total. The lowest BCUT2D eigenvalue weighted by Gasteiger charge is -2.29. The van der Waals surface area contributed by atoms with Gasteiger partial charge in [0.15, 0.2) is 0 Å². The molecule has 0 radical (unpaired) electrons. The molecule has 3 aromatic rings. The van der Waals surface area contributed by atoms with Gasteiger partial charge in [0.05, 0.1) is 5.70 Å². The summed E-state index contributed by atoms with van der Waals surface area (Å²) in [6.45, 7) is 2.10. The summed E-state index contributed by atoms with van der Waals surface area (Å²) in [6, 6.07) is 21.9. The molecule has 0 fully saturated rings. The molecule has 1 heterocycles. The summed E-state index contributed by atoms with van der Waals surface area (Å²) in [5, 5.41) is 29.5. The molecule has 1 atom stereocenters. The first-order chi connectivity index (χ1) is 14.0. The summed E-state index contributed by atoms with van der Waals surface area (Å²) in [5.74, 6) is 0.424. The van der Waals surface area contributed by atoms with Gasteiger partial charge in [-0.15, -0.1) is 0 Å². The van der Waals surface area contributed by atoms with Gasteiger partial charge >= 0.3 is 0 Å². The average molecular weight is 405 g/mol. The summed E-state index contributed by atoms with van der Waals surface area (Å²) in [7, 11) is 0. The van der Waals surface area contributed by atoms with Crippen LogP contribution in [0.4, 0.5) is 0 Å². The highest BCUT2D eigenvalue weighted by atomic mass is 35.5. The maximum absolute atomic E-state index is 9.78. The molecule has 0 bridgehead atoms. The predicted octanol–water partition coefficient (Wildman–Crippen LogP) is 6.48. The highest BCUT2D eigenvalue weighted by molar-refractivity contribution is 6.30. The number of halogens is 1. The van der Waals surface area contributed by atoms with E-state index in [0.29, 0.717) is 11.4 Å². The van der Waals surface area contributed by atoms with Crippen LogP contribution >= 0.6 is 11.6 Å². The first-order valence-corrected chi connectivity index (χ1v) is 9.89. The van der Waals surface area contributed by atoms with E-state index < -0.39 is 5.54 Å². The third kappa shape index (κ3) is 3.64. The number of aromatic hydroxyl groups is 2. The summed E-state index contributed by atoms with van der Waals surface area (Å²) in [4.78, 5) is 0. The molecule has 0 amide bonds. The van der Waals surface area contributed by atoms with E-state index in [9.17, 15) is 10.2 Å². The van der Waals surface area contributed by atoms with E-state index in [0.717, 1.165) is 34.4 Å². The molecule has 0 aromatic heterocycles. The number of benzene rings is 3. The van der Waals surface area contributed by atoms with E-state index in [1.165, 1.54) is 0 Å². The Labute approximate surface area is 174 Å². The zero-order valence-corrected chi connectivity index (χ0v) is 16.8. The van der Waals surface area contributed by atoms with Crippen LogP contribution < -0.4 is 0 Å². The third-order valence-electron chi connectivity index (χ3n) is 5.29. The van der Waals surface area contributed by atoms with E-state index in [-0.39, 0.29) is 11.5 Å². The van der Waals surface area contributed by atoms with E-state index in [1.54, 1.807) is 24.3 Å². The van der Waals surface area contributed by atoms with Crippen molar-refractivity contribution in [2.24, 2.45) is 10.2 Å². The fourth-order valence-corrected chi connectivity index (χ4v) is 4.13. The zero-order chi connectivity index (χ0) is 20.4. The number of hydrogen-bond donors (Lipinski definition) is 2. The SMILES string of the molecule is CCC1=C(c2ccc(O)cc2)N=NC1(Cc1cccc(Cl)c1)c1ccc(O)cc1. The number of phenolic OH excluding ortho intramolecular Hbond substituents is 2. The van der Waals surface area contributed by atoms with Crippen LogP contribution in [0.3, 0.4) is 0 Å². The first kappa shape index (κ1) is 19.2. The minimum absolute atomic E-state index is 0.211. The van der Waals surface area contributed by atoms with E-state index in [4.69, 9.17) is 16.7 Å². The molecule has 29 heavy (non-hydrogen) atoms. The zero-order valence-electron chi connectivity index (χ0n) is 16.0. The predicted molar refractivity (Wildman–Crippen MR) is 115 cm³/mol. The maximum Gasteiger partial charge on any atom is 0.134 e. The topological polar surface area (TPSA) is 65.2 Å². The van der Waals surface area contributed by atoms with Crippen molar-refractivity contribution in [3.8, 4) is 11.5 Å². The van der Waals surface area contributed by atoms with Crippen molar-refractivity contribution in [1.29, 1.82) is 0 Å². The Morgan fingerprint density at radius 1 is 0.897 bits per heavy atom. The highest BCUT2D eigenvalue weighted by Crippen LogP contribution is 2.48. The van der Waals surface area contributed by atoms with Crippen molar-refractivity contribution in [2.75, 3.05) is 0 Å². The fraction of sp³-hybridized carbons (Fsp3) is 0.167. The molecule has 1 unspecified atom stereocenters. The Hall–Kier alpha value is -3.11. The van der Waals surface area contributed by atoms with Crippen LogP contribution in [0.15, 0.2) is 88.6 Å². The van der Waals surface area contributed by atoms with Crippen molar-refractivity contribution < 1.29 is 10.2 Å². The molecule has 5 heteroatoms. The Bertz CT molecular complexity index is 1090. The van der Waals surface area contributed by atoms with Gasteiger partial charge in [0.1, 0.15) is 17.0 Å². The maximum atomic E-state index is 9.78. The van der Waals surface area contributed by atoms with Gasteiger partial charge in [-0.05, 0) is 71.7 Å². The molecule has 0 saturated carbocycles. The van der Waals surface area contributed by atoms with Crippen molar-refractivity contribution >= 4 is 17.3 Å². The number of nitrogens with zero attached hydrogens (tertiary/aromatic N) is 2. The van der Waals surface area contributed by atoms with E-state index in [1.807, 2.05) is 48.5 Å². The molecule has 4 nitrogen and oxygen atoms in total. The summed E-state index contributed by atoms with van der Waals surface area (Å²) in [6.07, 6.45) is 1.36. The Morgan fingerprint density at radius 2 is 1.55 bits per heavy atom. The molecular weight excluding hydrogens is 384 g/mol. The summed E-state index contributed by atoms with van der Waals surface area (Å²) < 4.78 is 0. The van der Waals surface area contributed by atoms with Gasteiger partial charge in [0.2, 0.25) is 0 Å². The number of hydrogen-bond acceptors (Lipinski definition) is 4. The van der Waals surface area contributed by atoms with Crippen LogP contribution in [0, 0.1) is 0 Å². The van der Waals surface area contributed by atoms with Gasteiger partial charge in [0.25, 0.3) is 0 Å². The number of azo groups is 1. The van der Waals surface area contributed by atoms with Crippen LogP contribution in [0.2, 0.25) is 5.02 Å². The second kappa shape index (κ2) is 7.72. The van der Waals surface area contributed by atoms with Crippen LogP contribution in [-0.4, -0.2) is 10.2 Å². The van der Waals surface area contributed by atoms with Gasteiger partial charge in [0, 0.05) is 17.0 Å². The first-order valence-electron chi connectivity index (χ1n) is 9.52. The van der Waals surface area contributed by atoms with Crippen LogP contribution in [-0.2, 0) is 12.0 Å². The molecule has 146 valence electrons. The lowest BCUT2D eigenvalue weighted by atomic mass is 9.76. The fourth-order valence-electron chi connectivity index (χ4n) is 3.92. The minimum Gasteiger partial charge on any atom is -0.508 e. The van der Waals surface area contributed by atoms with Gasteiger partial charge in [-0.1, -0.05) is 42.8 Å². The van der Waals surface area contributed by atoms with Crippen LogP contribution in [0.1, 0.15) is 30.0 Å². The molecule has 1 aliphatic heterocycles. The van der Waals surface area contributed by atoms with Gasteiger partial charge in [-0.25, -0.2) is 0 Å². The Morgan fingerprint density at radius 3 is 2.17 bits per heavy atom. The van der Waals surface area contributed by atoms with E-state index >= 15 is 0 Å². The molecule has 1 aliphatic rings. The normalized spacial score (nSPS) is 18.4.